The Morgan fingerprint density at radius 1 is 1.03 bits per heavy atom. The Balaban J connectivity index is 2.09. The van der Waals surface area contributed by atoms with E-state index in [1.807, 2.05) is 0 Å². The molecule has 0 heterocycles. The molecule has 0 aliphatic heterocycles. The van der Waals surface area contributed by atoms with E-state index in [0.29, 0.717) is 24.3 Å². The fourth-order valence-corrected chi connectivity index (χ4v) is 4.99. The van der Waals surface area contributed by atoms with E-state index in [2.05, 4.69) is 10.5 Å². The number of hydroxylamine groups is 1. The largest absolute Gasteiger partial charge is 0.493 e. The minimum absolute atomic E-state index is 0.00292. The van der Waals surface area contributed by atoms with Crippen molar-refractivity contribution in [1.29, 1.82) is 0 Å². The predicted octanol–water partition coefficient (Wildman–Crippen LogP) is 1.40. The van der Waals surface area contributed by atoms with Crippen molar-refractivity contribution in [2.45, 2.75) is 23.1 Å². The zero-order valence-corrected chi connectivity index (χ0v) is 19.0. The van der Waals surface area contributed by atoms with E-state index < -0.39 is 24.9 Å². The Morgan fingerprint density at radius 2 is 1.68 bits per heavy atom. The summed E-state index contributed by atoms with van der Waals surface area (Å²) in [6.07, 6.45) is 1.46. The SMILES string of the molecule is CN=C(N)NOCCCOc1cc(C)cc(OS(=O)(=O)c2ccccc2S(C)(=O)=O)c1. The van der Waals surface area contributed by atoms with Gasteiger partial charge in [0.25, 0.3) is 0 Å². The maximum atomic E-state index is 12.7. The summed E-state index contributed by atoms with van der Waals surface area (Å²) in [5.74, 6) is 0.549. The van der Waals surface area contributed by atoms with Crippen LogP contribution in [-0.2, 0) is 24.8 Å². The van der Waals surface area contributed by atoms with E-state index in [1.54, 1.807) is 13.0 Å². The predicted molar refractivity (Wildman–Crippen MR) is 115 cm³/mol. The maximum Gasteiger partial charge on any atom is 0.340 e. The van der Waals surface area contributed by atoms with Crippen molar-refractivity contribution in [3.63, 3.8) is 0 Å². The molecule has 2 aromatic carbocycles. The summed E-state index contributed by atoms with van der Waals surface area (Å²) in [5, 5.41) is 0. The van der Waals surface area contributed by atoms with Crippen molar-refractivity contribution < 1.29 is 30.6 Å². The number of nitrogens with one attached hydrogen (secondary N) is 1. The molecule has 0 aliphatic carbocycles. The highest BCUT2D eigenvalue weighted by molar-refractivity contribution is 7.92. The number of ether oxygens (including phenoxy) is 1. The van der Waals surface area contributed by atoms with Crippen LogP contribution in [0.1, 0.15) is 12.0 Å². The summed E-state index contributed by atoms with van der Waals surface area (Å²) < 4.78 is 60.2. The molecule has 0 fully saturated rings. The molecule has 170 valence electrons. The van der Waals surface area contributed by atoms with Crippen LogP contribution >= 0.6 is 0 Å². The van der Waals surface area contributed by atoms with Gasteiger partial charge in [-0.1, -0.05) is 12.1 Å². The molecular formula is C19H25N3O7S2. The average Bonchev–Trinajstić information content (AvgIpc) is 2.69. The van der Waals surface area contributed by atoms with Gasteiger partial charge in [0.1, 0.15) is 16.4 Å². The molecule has 0 bridgehead atoms. The highest BCUT2D eigenvalue weighted by Crippen LogP contribution is 2.28. The fourth-order valence-electron chi connectivity index (χ4n) is 2.47. The van der Waals surface area contributed by atoms with Gasteiger partial charge in [-0.2, -0.15) is 8.42 Å². The molecular weight excluding hydrogens is 446 g/mol. The zero-order valence-electron chi connectivity index (χ0n) is 17.4. The van der Waals surface area contributed by atoms with Gasteiger partial charge < -0.3 is 14.7 Å². The summed E-state index contributed by atoms with van der Waals surface area (Å²) in [6.45, 7) is 2.34. The molecule has 10 nitrogen and oxygen atoms in total. The fraction of sp³-hybridized carbons (Fsp3) is 0.316. The van der Waals surface area contributed by atoms with Gasteiger partial charge in [-0.25, -0.2) is 13.9 Å². The Labute approximate surface area is 182 Å². The van der Waals surface area contributed by atoms with E-state index >= 15 is 0 Å². The van der Waals surface area contributed by atoms with Crippen LogP contribution in [0.5, 0.6) is 11.5 Å². The molecule has 2 aromatic rings. The highest BCUT2D eigenvalue weighted by atomic mass is 32.2. The molecule has 0 saturated carbocycles. The number of nitrogens with two attached hydrogens (primary N) is 1. The lowest BCUT2D eigenvalue weighted by Gasteiger charge is -2.13. The van der Waals surface area contributed by atoms with Gasteiger partial charge in [-0.05, 0) is 36.8 Å². The summed E-state index contributed by atoms with van der Waals surface area (Å²) in [5.41, 5.74) is 8.57. The molecule has 0 aromatic heterocycles. The monoisotopic (exact) mass is 471 g/mol. The number of aliphatic imine (C=N–C) groups is 1. The molecule has 0 spiro atoms. The van der Waals surface area contributed by atoms with Crippen LogP contribution in [0.2, 0.25) is 0 Å². The molecule has 0 unspecified atom stereocenters. The quantitative estimate of drug-likeness (QED) is 0.172. The first-order chi connectivity index (χ1) is 14.5. The van der Waals surface area contributed by atoms with Crippen molar-refractivity contribution in [3.05, 3.63) is 48.0 Å². The van der Waals surface area contributed by atoms with Crippen LogP contribution in [0, 0.1) is 6.92 Å². The second-order valence-electron chi connectivity index (χ2n) is 6.50. The van der Waals surface area contributed by atoms with Crippen LogP contribution < -0.4 is 20.1 Å². The standard InChI is InChI=1S/C19H25N3O7S2/c1-14-11-15(27-9-6-10-28-22-19(20)21-2)13-16(12-14)29-31(25,26)18-8-5-4-7-17(18)30(3,23)24/h4-5,7-8,11-13H,6,9-10H2,1-3H3,(H3,20,21,22). The average molecular weight is 472 g/mol. The molecule has 2 rings (SSSR count). The van der Waals surface area contributed by atoms with Crippen molar-refractivity contribution in [1.82, 2.24) is 5.48 Å². The van der Waals surface area contributed by atoms with E-state index in [0.717, 1.165) is 6.26 Å². The minimum atomic E-state index is -4.39. The van der Waals surface area contributed by atoms with Gasteiger partial charge in [0, 0.05) is 25.8 Å². The molecule has 0 atom stereocenters. The number of benzene rings is 2. The van der Waals surface area contributed by atoms with Crippen LogP contribution in [0.3, 0.4) is 0 Å². The summed E-state index contributed by atoms with van der Waals surface area (Å²) in [6, 6.07) is 9.89. The van der Waals surface area contributed by atoms with E-state index in [-0.39, 0.29) is 23.2 Å². The summed E-state index contributed by atoms with van der Waals surface area (Å²) in [4.78, 5) is 8.00. The van der Waals surface area contributed by atoms with Crippen LogP contribution in [0.15, 0.2) is 57.2 Å². The van der Waals surface area contributed by atoms with E-state index in [1.165, 1.54) is 43.4 Å². The first-order valence-corrected chi connectivity index (χ1v) is 12.4. The number of sulfone groups is 1. The van der Waals surface area contributed by atoms with Crippen LogP contribution in [0.25, 0.3) is 0 Å². The maximum absolute atomic E-state index is 12.7. The van der Waals surface area contributed by atoms with Crippen molar-refractivity contribution in [2.75, 3.05) is 26.5 Å². The Kier molecular flexibility index (Phi) is 8.25. The van der Waals surface area contributed by atoms with Gasteiger partial charge in [-0.3, -0.25) is 9.83 Å². The van der Waals surface area contributed by atoms with Gasteiger partial charge in [-0.15, -0.1) is 0 Å². The molecule has 31 heavy (non-hydrogen) atoms. The Morgan fingerprint density at radius 3 is 2.32 bits per heavy atom. The third-order valence-electron chi connectivity index (χ3n) is 3.83. The number of guanidine groups is 1. The third kappa shape index (κ3) is 7.42. The van der Waals surface area contributed by atoms with Gasteiger partial charge >= 0.3 is 10.1 Å². The summed E-state index contributed by atoms with van der Waals surface area (Å²) in [7, 11) is -6.64. The van der Waals surface area contributed by atoms with Crippen molar-refractivity contribution >= 4 is 25.9 Å². The first-order valence-electron chi connectivity index (χ1n) is 9.11. The normalized spacial score (nSPS) is 12.4. The van der Waals surface area contributed by atoms with Crippen molar-refractivity contribution in [3.8, 4) is 11.5 Å². The number of nitrogens with zero attached hydrogens (tertiary/aromatic N) is 1. The second kappa shape index (κ2) is 10.5. The van der Waals surface area contributed by atoms with E-state index in [9.17, 15) is 16.8 Å². The lowest BCUT2D eigenvalue weighted by molar-refractivity contribution is 0.0737. The molecule has 0 radical (unpaired) electrons. The van der Waals surface area contributed by atoms with Crippen LogP contribution in [0.4, 0.5) is 0 Å². The number of hydrogen-bond acceptors (Lipinski definition) is 8. The van der Waals surface area contributed by atoms with Gasteiger partial charge in [0.15, 0.2) is 9.84 Å². The van der Waals surface area contributed by atoms with Gasteiger partial charge in [0.2, 0.25) is 5.96 Å². The number of aryl methyl sites for hydroxylation is 1. The van der Waals surface area contributed by atoms with E-state index in [4.69, 9.17) is 19.5 Å². The lowest BCUT2D eigenvalue weighted by Crippen LogP contribution is -2.31. The highest BCUT2D eigenvalue weighted by Gasteiger charge is 2.25. The molecule has 0 saturated heterocycles. The van der Waals surface area contributed by atoms with Gasteiger partial charge in [0.05, 0.1) is 18.1 Å². The minimum Gasteiger partial charge on any atom is -0.493 e. The molecule has 0 aliphatic rings. The third-order valence-corrected chi connectivity index (χ3v) is 6.42. The molecule has 0 amide bonds. The second-order valence-corrected chi connectivity index (χ2v) is 10.00. The number of rotatable bonds is 10. The Bertz CT molecular complexity index is 1150. The first kappa shape index (κ1) is 24.4. The zero-order chi connectivity index (χ0) is 23.1. The number of hydrogen-bond donors (Lipinski definition) is 2. The lowest BCUT2D eigenvalue weighted by atomic mass is 10.2. The Hall–Kier alpha value is -2.83. The smallest absolute Gasteiger partial charge is 0.340 e. The molecule has 12 heteroatoms. The molecule has 3 N–H and O–H groups in total. The van der Waals surface area contributed by atoms with Crippen molar-refractivity contribution in [2.24, 2.45) is 10.7 Å². The van der Waals surface area contributed by atoms with Crippen LogP contribution in [-0.4, -0.2) is 49.3 Å². The topological polar surface area (TPSA) is 146 Å². The summed E-state index contributed by atoms with van der Waals surface area (Å²) >= 11 is 0.